The van der Waals surface area contributed by atoms with Crippen molar-refractivity contribution in [2.45, 2.75) is 13.3 Å². The van der Waals surface area contributed by atoms with Gasteiger partial charge in [-0.3, -0.25) is 0 Å². The zero-order chi connectivity index (χ0) is 10.6. The Morgan fingerprint density at radius 3 is 2.93 bits per heavy atom. The summed E-state index contributed by atoms with van der Waals surface area (Å²) in [6.45, 7) is 4.54. The van der Waals surface area contributed by atoms with Gasteiger partial charge in [-0.2, -0.15) is 0 Å². The van der Waals surface area contributed by atoms with Gasteiger partial charge >= 0.3 is 5.97 Å². The van der Waals surface area contributed by atoms with Crippen LogP contribution in [0, 0.1) is 0 Å². The third-order valence-corrected chi connectivity index (χ3v) is 1.50. The largest absolute Gasteiger partial charge is 0.463 e. The fourth-order valence-electron chi connectivity index (χ4n) is 0.872. The van der Waals surface area contributed by atoms with Crippen molar-refractivity contribution in [1.29, 1.82) is 0 Å². The predicted molar refractivity (Wildman–Crippen MR) is 55.1 cm³/mol. The Kier molecular flexibility index (Phi) is 9.58. The molecule has 0 fully saturated rings. The highest BCUT2D eigenvalue weighted by Gasteiger charge is 1.91. The van der Waals surface area contributed by atoms with Gasteiger partial charge in [0.2, 0.25) is 0 Å². The second-order valence-electron chi connectivity index (χ2n) is 2.70. The first-order chi connectivity index (χ1) is 6.81. The second-order valence-corrected chi connectivity index (χ2v) is 2.70. The van der Waals surface area contributed by atoms with Crippen LogP contribution in [-0.2, 0) is 14.3 Å². The van der Waals surface area contributed by atoms with E-state index in [-0.39, 0.29) is 5.97 Å². The third-order valence-electron chi connectivity index (χ3n) is 1.50. The lowest BCUT2D eigenvalue weighted by molar-refractivity contribution is -0.137. The quantitative estimate of drug-likeness (QED) is 0.357. The van der Waals surface area contributed by atoms with E-state index in [9.17, 15) is 4.79 Å². The van der Waals surface area contributed by atoms with Crippen molar-refractivity contribution in [3.63, 3.8) is 0 Å². The third kappa shape index (κ3) is 9.22. The van der Waals surface area contributed by atoms with E-state index in [1.807, 2.05) is 0 Å². The number of carbonyl (C=O) groups excluding carboxylic acids is 1. The van der Waals surface area contributed by atoms with Crippen LogP contribution in [0.1, 0.15) is 13.3 Å². The van der Waals surface area contributed by atoms with Crippen LogP contribution in [0.3, 0.4) is 0 Å². The lowest BCUT2D eigenvalue weighted by Crippen LogP contribution is -2.16. The van der Waals surface area contributed by atoms with Crippen LogP contribution < -0.4 is 5.32 Å². The van der Waals surface area contributed by atoms with Gasteiger partial charge < -0.3 is 14.8 Å². The molecule has 0 bridgehead atoms. The van der Waals surface area contributed by atoms with Crippen LogP contribution in [0.15, 0.2) is 12.2 Å². The molecule has 0 aromatic heterocycles. The Labute approximate surface area is 85.3 Å². The molecule has 0 unspecified atom stereocenters. The predicted octanol–water partition coefficient (Wildman–Crippen LogP) is 0.732. The normalized spacial score (nSPS) is 10.7. The molecule has 0 radical (unpaired) electrons. The molecule has 4 nitrogen and oxygen atoms in total. The molecule has 0 atom stereocenters. The highest BCUT2D eigenvalue weighted by Crippen LogP contribution is 1.81. The monoisotopic (exact) mass is 201 g/mol. The van der Waals surface area contributed by atoms with Gasteiger partial charge in [-0.05, 0) is 19.9 Å². The molecule has 0 spiro atoms. The molecule has 4 heteroatoms. The summed E-state index contributed by atoms with van der Waals surface area (Å²) in [6.07, 6.45) is 4.17. The van der Waals surface area contributed by atoms with Crippen molar-refractivity contribution < 1.29 is 14.3 Å². The first-order valence-corrected chi connectivity index (χ1v) is 4.84. The number of hydrogen-bond acceptors (Lipinski definition) is 4. The van der Waals surface area contributed by atoms with Gasteiger partial charge in [0.05, 0.1) is 6.61 Å². The summed E-state index contributed by atoms with van der Waals surface area (Å²) in [4.78, 5) is 10.8. The Hall–Kier alpha value is -0.870. The van der Waals surface area contributed by atoms with E-state index in [1.54, 1.807) is 20.1 Å². The summed E-state index contributed by atoms with van der Waals surface area (Å²) < 4.78 is 9.60. The molecule has 1 N–H and O–H groups in total. The number of rotatable bonds is 8. The highest BCUT2D eigenvalue weighted by molar-refractivity contribution is 5.81. The first-order valence-electron chi connectivity index (χ1n) is 4.84. The SMILES string of the molecule is CCOC(=O)/C=C/CNCCCOC. The molecule has 0 saturated heterocycles. The molecule has 0 aromatic rings. The molecular weight excluding hydrogens is 182 g/mol. The Balaban J connectivity index is 3.22. The summed E-state index contributed by atoms with van der Waals surface area (Å²) in [5.74, 6) is -0.286. The minimum Gasteiger partial charge on any atom is -0.463 e. The molecule has 0 aliphatic heterocycles. The van der Waals surface area contributed by atoms with Crippen LogP contribution in [0.5, 0.6) is 0 Å². The molecule has 0 rings (SSSR count). The van der Waals surface area contributed by atoms with E-state index < -0.39 is 0 Å². The average Bonchev–Trinajstić information content (AvgIpc) is 2.17. The fraction of sp³-hybridized carbons (Fsp3) is 0.700. The zero-order valence-electron chi connectivity index (χ0n) is 8.91. The molecule has 14 heavy (non-hydrogen) atoms. The van der Waals surface area contributed by atoms with Crippen molar-refractivity contribution in [1.82, 2.24) is 5.32 Å². The van der Waals surface area contributed by atoms with Gasteiger partial charge in [-0.15, -0.1) is 0 Å². The van der Waals surface area contributed by atoms with Crippen molar-refractivity contribution in [3.8, 4) is 0 Å². The number of ether oxygens (including phenoxy) is 2. The molecule has 0 aliphatic carbocycles. The van der Waals surface area contributed by atoms with Gasteiger partial charge in [0.15, 0.2) is 0 Å². The lowest BCUT2D eigenvalue weighted by atomic mass is 10.4. The maximum absolute atomic E-state index is 10.8. The van der Waals surface area contributed by atoms with E-state index in [1.165, 1.54) is 6.08 Å². The Morgan fingerprint density at radius 1 is 1.50 bits per heavy atom. The van der Waals surface area contributed by atoms with E-state index in [4.69, 9.17) is 9.47 Å². The minimum absolute atomic E-state index is 0.286. The molecule has 0 saturated carbocycles. The number of methoxy groups -OCH3 is 1. The van der Waals surface area contributed by atoms with Gasteiger partial charge in [-0.1, -0.05) is 6.08 Å². The van der Waals surface area contributed by atoms with Crippen LogP contribution >= 0.6 is 0 Å². The maximum atomic E-state index is 10.8. The van der Waals surface area contributed by atoms with Crippen molar-refractivity contribution in [3.05, 3.63) is 12.2 Å². The van der Waals surface area contributed by atoms with E-state index in [2.05, 4.69) is 5.32 Å². The second kappa shape index (κ2) is 10.2. The van der Waals surface area contributed by atoms with Crippen molar-refractivity contribution >= 4 is 5.97 Å². The fourth-order valence-corrected chi connectivity index (χ4v) is 0.872. The highest BCUT2D eigenvalue weighted by atomic mass is 16.5. The van der Waals surface area contributed by atoms with Gasteiger partial charge in [-0.25, -0.2) is 4.79 Å². The van der Waals surface area contributed by atoms with Crippen molar-refractivity contribution in [2.24, 2.45) is 0 Å². The van der Waals surface area contributed by atoms with Crippen LogP contribution in [0.4, 0.5) is 0 Å². The Morgan fingerprint density at radius 2 is 2.29 bits per heavy atom. The lowest BCUT2D eigenvalue weighted by Gasteiger charge is -2.00. The standard InChI is InChI=1S/C10H19NO3/c1-3-14-10(12)6-4-7-11-8-5-9-13-2/h4,6,11H,3,5,7-9H2,1-2H3/b6-4+. The van der Waals surface area contributed by atoms with Gasteiger partial charge in [0.1, 0.15) is 0 Å². The van der Waals surface area contributed by atoms with Crippen LogP contribution in [0.2, 0.25) is 0 Å². The summed E-state index contributed by atoms with van der Waals surface area (Å²) >= 11 is 0. The average molecular weight is 201 g/mol. The van der Waals surface area contributed by atoms with Gasteiger partial charge in [0.25, 0.3) is 0 Å². The molecular formula is C10H19NO3. The first kappa shape index (κ1) is 13.1. The zero-order valence-corrected chi connectivity index (χ0v) is 8.91. The minimum atomic E-state index is -0.286. The van der Waals surface area contributed by atoms with Crippen LogP contribution in [-0.4, -0.2) is 39.4 Å². The van der Waals surface area contributed by atoms with E-state index >= 15 is 0 Å². The number of esters is 1. The number of nitrogens with one attached hydrogen (secondary N) is 1. The number of hydrogen-bond donors (Lipinski definition) is 1. The Bertz CT molecular complexity index is 169. The van der Waals surface area contributed by atoms with Gasteiger partial charge in [0, 0.05) is 26.3 Å². The topological polar surface area (TPSA) is 47.6 Å². The summed E-state index contributed by atoms with van der Waals surface area (Å²) in [6, 6.07) is 0. The smallest absolute Gasteiger partial charge is 0.330 e. The van der Waals surface area contributed by atoms with E-state index in [0.29, 0.717) is 13.2 Å². The maximum Gasteiger partial charge on any atom is 0.330 e. The van der Waals surface area contributed by atoms with Crippen LogP contribution in [0.25, 0.3) is 0 Å². The summed E-state index contributed by atoms with van der Waals surface area (Å²) in [7, 11) is 1.68. The molecule has 0 aliphatic rings. The van der Waals surface area contributed by atoms with Crippen molar-refractivity contribution in [2.75, 3.05) is 33.4 Å². The molecule has 82 valence electrons. The molecule has 0 aromatic carbocycles. The van der Waals surface area contributed by atoms with E-state index in [0.717, 1.165) is 19.6 Å². The summed E-state index contributed by atoms with van der Waals surface area (Å²) in [5.41, 5.74) is 0. The molecule has 0 heterocycles. The number of carbonyl (C=O) groups is 1. The summed E-state index contributed by atoms with van der Waals surface area (Å²) in [5, 5.41) is 3.14. The molecule has 0 amide bonds.